The van der Waals surface area contributed by atoms with Crippen molar-refractivity contribution in [2.75, 3.05) is 17.8 Å². The molecule has 0 unspecified atom stereocenters. The van der Waals surface area contributed by atoms with Crippen molar-refractivity contribution in [2.45, 2.75) is 12.2 Å². The lowest BCUT2D eigenvalue weighted by atomic mass is 10.1. The second-order valence-corrected chi connectivity index (χ2v) is 8.27. The Kier molecular flexibility index (Phi) is 5.47. The number of hydrogen-bond acceptors (Lipinski definition) is 5. The van der Waals surface area contributed by atoms with Crippen LogP contribution in [0.2, 0.25) is 0 Å². The first-order valence-electron chi connectivity index (χ1n) is 6.80. The van der Waals surface area contributed by atoms with Crippen LogP contribution in [-0.2, 0) is 20.4 Å². The second-order valence-electron chi connectivity index (χ2n) is 5.17. The third kappa shape index (κ3) is 4.48. The van der Waals surface area contributed by atoms with Crippen molar-refractivity contribution in [2.24, 2.45) is 5.92 Å². The minimum Gasteiger partial charge on any atom is -0.273 e. The predicted molar refractivity (Wildman–Crippen MR) is 86.0 cm³/mol. The molecule has 0 bridgehead atoms. The third-order valence-corrected chi connectivity index (χ3v) is 5.82. The first-order valence-corrected chi connectivity index (χ1v) is 10.0. The van der Waals surface area contributed by atoms with Crippen LogP contribution in [0.1, 0.15) is 22.3 Å². The highest BCUT2D eigenvalue weighted by molar-refractivity contribution is 7.97. The second kappa shape index (κ2) is 7.15. The Balaban J connectivity index is 1.86. The molecule has 1 heterocycles. The van der Waals surface area contributed by atoms with Gasteiger partial charge in [-0.05, 0) is 30.4 Å². The van der Waals surface area contributed by atoms with E-state index >= 15 is 0 Å². The van der Waals surface area contributed by atoms with E-state index in [4.69, 9.17) is 0 Å². The lowest BCUT2D eigenvalue weighted by Crippen LogP contribution is -2.44. The highest BCUT2D eigenvalue weighted by Crippen LogP contribution is 2.18. The molecule has 0 aliphatic carbocycles. The van der Waals surface area contributed by atoms with E-state index in [0.29, 0.717) is 12.0 Å². The van der Waals surface area contributed by atoms with Gasteiger partial charge in [0.2, 0.25) is 5.91 Å². The molecule has 2 amide bonds. The number of hydrogen-bond donors (Lipinski definition) is 2. The molecule has 2 N–H and O–H groups in total. The molecule has 120 valence electrons. The lowest BCUT2D eigenvalue weighted by molar-refractivity contribution is -0.125. The van der Waals surface area contributed by atoms with E-state index in [1.807, 2.05) is 18.4 Å². The largest absolute Gasteiger partial charge is 0.273 e. The quantitative estimate of drug-likeness (QED) is 0.788. The number of thioether (sulfide) groups is 1. The van der Waals surface area contributed by atoms with Gasteiger partial charge in [0.25, 0.3) is 5.91 Å². The summed E-state index contributed by atoms with van der Waals surface area (Å²) in [4.78, 5) is 23.7. The standard InChI is InChI=1S/C14H18N2O4S2/c1-21-8-10-2-4-11(5-3-10)13(17)15-16-14(18)12-6-7-22(19,20)9-12/h2-5,12H,6-9H2,1H3,(H,15,17)(H,16,18)/t12-/m1/s1. The first kappa shape index (κ1) is 16.8. The van der Waals surface area contributed by atoms with Gasteiger partial charge in [0.15, 0.2) is 9.84 Å². The van der Waals surface area contributed by atoms with Crippen LogP contribution in [0, 0.1) is 5.92 Å². The van der Waals surface area contributed by atoms with Crippen molar-refractivity contribution in [3.63, 3.8) is 0 Å². The van der Waals surface area contributed by atoms with Gasteiger partial charge < -0.3 is 0 Å². The van der Waals surface area contributed by atoms with Crippen LogP contribution in [0.25, 0.3) is 0 Å². The molecule has 1 aromatic carbocycles. The Morgan fingerprint density at radius 1 is 1.23 bits per heavy atom. The van der Waals surface area contributed by atoms with Gasteiger partial charge >= 0.3 is 0 Å². The van der Waals surface area contributed by atoms with Crippen LogP contribution in [0.4, 0.5) is 0 Å². The molecule has 22 heavy (non-hydrogen) atoms. The number of carbonyl (C=O) groups is 2. The van der Waals surface area contributed by atoms with E-state index in [0.717, 1.165) is 11.3 Å². The minimum atomic E-state index is -3.12. The van der Waals surface area contributed by atoms with Crippen LogP contribution >= 0.6 is 11.8 Å². The maximum absolute atomic E-state index is 11.9. The molecule has 6 nitrogen and oxygen atoms in total. The first-order chi connectivity index (χ1) is 10.4. The summed E-state index contributed by atoms with van der Waals surface area (Å²) in [5, 5.41) is 0. The summed E-state index contributed by atoms with van der Waals surface area (Å²) >= 11 is 1.69. The summed E-state index contributed by atoms with van der Waals surface area (Å²) in [6.07, 6.45) is 2.30. The highest BCUT2D eigenvalue weighted by Gasteiger charge is 2.33. The molecule has 0 spiro atoms. The zero-order valence-corrected chi connectivity index (χ0v) is 13.8. The van der Waals surface area contributed by atoms with E-state index in [9.17, 15) is 18.0 Å². The maximum atomic E-state index is 11.9. The van der Waals surface area contributed by atoms with E-state index < -0.39 is 27.6 Å². The van der Waals surface area contributed by atoms with Crippen LogP contribution in [0.15, 0.2) is 24.3 Å². The summed E-state index contributed by atoms with van der Waals surface area (Å²) in [6, 6.07) is 7.09. The number of benzene rings is 1. The number of carbonyl (C=O) groups excluding carboxylic acids is 2. The van der Waals surface area contributed by atoms with Crippen molar-refractivity contribution in [3.8, 4) is 0 Å². The number of amides is 2. The van der Waals surface area contributed by atoms with Crippen molar-refractivity contribution in [1.82, 2.24) is 10.9 Å². The molecule has 0 saturated carbocycles. The highest BCUT2D eigenvalue weighted by atomic mass is 32.2. The molecule has 1 saturated heterocycles. The fraction of sp³-hybridized carbons (Fsp3) is 0.429. The van der Waals surface area contributed by atoms with Crippen molar-refractivity contribution < 1.29 is 18.0 Å². The van der Waals surface area contributed by atoms with Crippen molar-refractivity contribution >= 4 is 33.4 Å². The summed E-state index contributed by atoms with van der Waals surface area (Å²) in [5.41, 5.74) is 6.16. The zero-order valence-electron chi connectivity index (χ0n) is 12.2. The molecule has 1 fully saturated rings. The number of hydrazine groups is 1. The smallest absolute Gasteiger partial charge is 0.269 e. The average molecular weight is 342 g/mol. The van der Waals surface area contributed by atoms with Crippen LogP contribution in [0.5, 0.6) is 0 Å². The Morgan fingerprint density at radius 3 is 2.45 bits per heavy atom. The molecular weight excluding hydrogens is 324 g/mol. The van der Waals surface area contributed by atoms with E-state index in [2.05, 4.69) is 10.9 Å². The Hall–Kier alpha value is -1.54. The van der Waals surface area contributed by atoms with Gasteiger partial charge in [-0.15, -0.1) is 0 Å². The number of rotatable bonds is 4. The Labute approximate surface area is 133 Å². The molecule has 1 aliphatic heterocycles. The van der Waals surface area contributed by atoms with Gasteiger partial charge in [-0.2, -0.15) is 11.8 Å². The normalized spacial score (nSPS) is 19.6. The minimum absolute atomic E-state index is 0.0237. The summed E-state index contributed by atoms with van der Waals surface area (Å²) in [6.45, 7) is 0. The molecule has 8 heteroatoms. The molecule has 1 atom stereocenters. The van der Waals surface area contributed by atoms with E-state index in [-0.39, 0.29) is 11.5 Å². The molecule has 0 aromatic heterocycles. The fourth-order valence-corrected chi connectivity index (χ4v) is 4.48. The van der Waals surface area contributed by atoms with Gasteiger partial charge in [0.1, 0.15) is 0 Å². The maximum Gasteiger partial charge on any atom is 0.269 e. The monoisotopic (exact) mass is 342 g/mol. The summed E-state index contributed by atoms with van der Waals surface area (Å²) < 4.78 is 22.6. The lowest BCUT2D eigenvalue weighted by Gasteiger charge is -2.11. The summed E-state index contributed by atoms with van der Waals surface area (Å²) in [7, 11) is -3.12. The average Bonchev–Trinajstić information content (AvgIpc) is 2.86. The zero-order chi connectivity index (χ0) is 16.2. The van der Waals surface area contributed by atoms with Crippen molar-refractivity contribution in [3.05, 3.63) is 35.4 Å². The van der Waals surface area contributed by atoms with Crippen molar-refractivity contribution in [1.29, 1.82) is 0 Å². The van der Waals surface area contributed by atoms with E-state index in [1.54, 1.807) is 23.9 Å². The van der Waals surface area contributed by atoms with Gasteiger partial charge in [0.05, 0.1) is 17.4 Å². The van der Waals surface area contributed by atoms with Crippen LogP contribution in [0.3, 0.4) is 0 Å². The van der Waals surface area contributed by atoms with Gasteiger partial charge in [-0.3, -0.25) is 20.4 Å². The van der Waals surface area contributed by atoms with Crippen LogP contribution < -0.4 is 10.9 Å². The van der Waals surface area contributed by atoms with Crippen LogP contribution in [-0.4, -0.2) is 38.0 Å². The number of nitrogens with one attached hydrogen (secondary N) is 2. The molecule has 2 rings (SSSR count). The molecule has 0 radical (unpaired) electrons. The third-order valence-electron chi connectivity index (χ3n) is 3.43. The molecule has 1 aromatic rings. The number of sulfone groups is 1. The molecular formula is C14H18N2O4S2. The fourth-order valence-electron chi connectivity index (χ4n) is 2.21. The Bertz CT molecular complexity index is 656. The Morgan fingerprint density at radius 2 is 1.91 bits per heavy atom. The van der Waals surface area contributed by atoms with Gasteiger partial charge in [-0.25, -0.2) is 8.42 Å². The van der Waals surface area contributed by atoms with Gasteiger partial charge in [-0.1, -0.05) is 12.1 Å². The van der Waals surface area contributed by atoms with Gasteiger partial charge in [0, 0.05) is 11.3 Å². The van der Waals surface area contributed by atoms with E-state index in [1.165, 1.54) is 0 Å². The SMILES string of the molecule is CSCc1ccc(C(=O)NNC(=O)[C@@H]2CCS(=O)(=O)C2)cc1. The molecule has 1 aliphatic rings. The topological polar surface area (TPSA) is 92.3 Å². The summed E-state index contributed by atoms with van der Waals surface area (Å²) in [5.74, 6) is -0.740. The predicted octanol–water partition coefficient (Wildman–Crippen LogP) is 0.745.